The van der Waals surface area contributed by atoms with Crippen molar-refractivity contribution in [2.45, 2.75) is 11.6 Å². The number of nitrogens with one attached hydrogen (secondary N) is 1. The van der Waals surface area contributed by atoms with Crippen LogP contribution in [0.1, 0.15) is 5.56 Å². The van der Waals surface area contributed by atoms with Crippen molar-refractivity contribution in [3.63, 3.8) is 0 Å². The minimum Gasteiger partial charge on any atom is -0.392 e. The van der Waals surface area contributed by atoms with Crippen LogP contribution in [0.25, 0.3) is 0 Å². The molecule has 0 radical (unpaired) electrons. The topological polar surface area (TPSA) is 86.3 Å². The predicted molar refractivity (Wildman–Crippen MR) is 54.5 cm³/mol. The molecule has 6 nitrogen and oxygen atoms in total. The third-order valence-corrected chi connectivity index (χ3v) is 3.74. The van der Waals surface area contributed by atoms with Crippen LogP contribution in [0.5, 0.6) is 0 Å². The summed E-state index contributed by atoms with van der Waals surface area (Å²) in [6.45, 7) is 3.29. The second kappa shape index (κ2) is 4.56. The SMILES string of the molecule is C=CCN(C)S(=O)(=O)c1[nH]ncc1CO. The largest absolute Gasteiger partial charge is 0.392 e. The van der Waals surface area contributed by atoms with Crippen LogP contribution in [0.15, 0.2) is 23.9 Å². The lowest BCUT2D eigenvalue weighted by atomic mass is 10.4. The van der Waals surface area contributed by atoms with E-state index < -0.39 is 10.0 Å². The number of likely N-dealkylation sites (N-methyl/N-ethyl adjacent to an activating group) is 1. The van der Waals surface area contributed by atoms with Gasteiger partial charge >= 0.3 is 0 Å². The van der Waals surface area contributed by atoms with Crippen LogP contribution in [0.2, 0.25) is 0 Å². The molecule has 0 saturated carbocycles. The molecule has 1 aromatic heterocycles. The summed E-state index contributed by atoms with van der Waals surface area (Å²) in [7, 11) is -2.19. The molecule has 7 heteroatoms. The van der Waals surface area contributed by atoms with Crippen LogP contribution in [-0.2, 0) is 16.6 Å². The number of hydrogen-bond acceptors (Lipinski definition) is 4. The van der Waals surface area contributed by atoms with E-state index in [9.17, 15) is 8.42 Å². The fourth-order valence-corrected chi connectivity index (χ4v) is 2.30. The maximum Gasteiger partial charge on any atom is 0.260 e. The van der Waals surface area contributed by atoms with E-state index >= 15 is 0 Å². The number of aliphatic hydroxyl groups is 1. The molecule has 0 unspecified atom stereocenters. The Labute approximate surface area is 88.3 Å². The van der Waals surface area contributed by atoms with E-state index in [2.05, 4.69) is 16.8 Å². The van der Waals surface area contributed by atoms with E-state index in [1.54, 1.807) is 0 Å². The van der Waals surface area contributed by atoms with Gasteiger partial charge in [-0.05, 0) is 0 Å². The second-order valence-corrected chi connectivity index (χ2v) is 4.94. The van der Waals surface area contributed by atoms with Crippen molar-refractivity contribution in [1.82, 2.24) is 14.5 Å². The summed E-state index contributed by atoms with van der Waals surface area (Å²) >= 11 is 0. The molecule has 0 atom stereocenters. The number of sulfonamides is 1. The minimum absolute atomic E-state index is 0.0747. The number of aromatic amines is 1. The first-order valence-corrected chi connectivity index (χ1v) is 5.68. The van der Waals surface area contributed by atoms with Gasteiger partial charge < -0.3 is 5.11 Å². The highest BCUT2D eigenvalue weighted by molar-refractivity contribution is 7.89. The van der Waals surface area contributed by atoms with Crippen LogP contribution in [0.3, 0.4) is 0 Å². The molecule has 0 fully saturated rings. The Morgan fingerprint density at radius 1 is 1.73 bits per heavy atom. The average Bonchev–Trinajstić information content (AvgIpc) is 2.66. The molecule has 15 heavy (non-hydrogen) atoms. The van der Waals surface area contributed by atoms with Gasteiger partial charge in [0.15, 0.2) is 5.03 Å². The summed E-state index contributed by atoms with van der Waals surface area (Å²) < 4.78 is 24.8. The average molecular weight is 231 g/mol. The number of rotatable bonds is 5. The van der Waals surface area contributed by atoms with Gasteiger partial charge in [0.2, 0.25) is 0 Å². The van der Waals surface area contributed by atoms with Gasteiger partial charge in [-0.3, -0.25) is 5.10 Å². The molecule has 0 spiro atoms. The van der Waals surface area contributed by atoms with Crippen LogP contribution in [-0.4, -0.2) is 41.6 Å². The summed E-state index contributed by atoms with van der Waals surface area (Å²) in [6.07, 6.45) is 2.77. The Bertz CT molecular complexity index is 438. The summed E-state index contributed by atoms with van der Waals surface area (Å²) in [5.41, 5.74) is 0.255. The van der Waals surface area contributed by atoms with Crippen molar-refractivity contribution >= 4 is 10.0 Å². The van der Waals surface area contributed by atoms with E-state index in [0.717, 1.165) is 4.31 Å². The van der Waals surface area contributed by atoms with Gasteiger partial charge in [-0.25, -0.2) is 8.42 Å². The van der Waals surface area contributed by atoms with Crippen molar-refractivity contribution in [3.05, 3.63) is 24.4 Å². The molecule has 0 aliphatic rings. The minimum atomic E-state index is -3.62. The Kier molecular flexibility index (Phi) is 3.61. The van der Waals surface area contributed by atoms with Gasteiger partial charge in [0, 0.05) is 19.2 Å². The summed E-state index contributed by atoms with van der Waals surface area (Å²) in [5, 5.41) is 14.8. The maximum absolute atomic E-state index is 11.9. The van der Waals surface area contributed by atoms with Gasteiger partial charge in [-0.2, -0.15) is 9.40 Å². The molecule has 2 N–H and O–H groups in total. The monoisotopic (exact) mass is 231 g/mol. The lowest BCUT2D eigenvalue weighted by molar-refractivity contribution is 0.278. The molecule has 1 aromatic rings. The highest BCUT2D eigenvalue weighted by Crippen LogP contribution is 2.15. The van der Waals surface area contributed by atoms with Crippen molar-refractivity contribution in [2.24, 2.45) is 0 Å². The fraction of sp³-hybridized carbons (Fsp3) is 0.375. The van der Waals surface area contributed by atoms with Crippen LogP contribution < -0.4 is 0 Å². The van der Waals surface area contributed by atoms with Gasteiger partial charge in [0.1, 0.15) is 0 Å². The summed E-state index contributed by atoms with van der Waals surface area (Å²) in [6, 6.07) is 0. The lowest BCUT2D eigenvalue weighted by Crippen LogP contribution is -2.28. The lowest BCUT2D eigenvalue weighted by Gasteiger charge is -2.14. The Balaban J connectivity index is 3.11. The van der Waals surface area contributed by atoms with E-state index in [4.69, 9.17) is 5.11 Å². The first-order valence-electron chi connectivity index (χ1n) is 4.24. The molecule has 0 aliphatic heterocycles. The third kappa shape index (κ3) is 2.25. The number of H-pyrrole nitrogens is 1. The number of aromatic nitrogens is 2. The zero-order valence-corrected chi connectivity index (χ0v) is 9.16. The van der Waals surface area contributed by atoms with Gasteiger partial charge in [-0.15, -0.1) is 6.58 Å². The maximum atomic E-state index is 11.9. The molecule has 0 amide bonds. The van der Waals surface area contributed by atoms with Crippen LogP contribution >= 0.6 is 0 Å². The van der Waals surface area contributed by atoms with E-state index in [1.807, 2.05) is 0 Å². The van der Waals surface area contributed by atoms with E-state index in [1.165, 1.54) is 19.3 Å². The Morgan fingerprint density at radius 3 is 2.93 bits per heavy atom. The number of aliphatic hydroxyl groups excluding tert-OH is 1. The quantitative estimate of drug-likeness (QED) is 0.682. The molecular formula is C8H13N3O3S. The molecule has 0 bridgehead atoms. The molecule has 0 saturated heterocycles. The summed E-state index contributed by atoms with van der Waals surface area (Å²) in [4.78, 5) is 0. The Hall–Kier alpha value is -1.18. The zero-order valence-electron chi connectivity index (χ0n) is 8.34. The zero-order chi connectivity index (χ0) is 11.5. The van der Waals surface area contributed by atoms with Gasteiger partial charge in [-0.1, -0.05) is 6.08 Å². The molecule has 1 heterocycles. The van der Waals surface area contributed by atoms with Crippen LogP contribution in [0, 0.1) is 0 Å². The van der Waals surface area contributed by atoms with Gasteiger partial charge in [0.25, 0.3) is 10.0 Å². The van der Waals surface area contributed by atoms with Crippen molar-refractivity contribution in [2.75, 3.05) is 13.6 Å². The van der Waals surface area contributed by atoms with Crippen molar-refractivity contribution in [1.29, 1.82) is 0 Å². The smallest absolute Gasteiger partial charge is 0.260 e. The molecule has 0 aliphatic carbocycles. The fourth-order valence-electron chi connectivity index (χ4n) is 1.07. The van der Waals surface area contributed by atoms with E-state index in [-0.39, 0.29) is 23.7 Å². The molecule has 1 rings (SSSR count). The van der Waals surface area contributed by atoms with Crippen molar-refractivity contribution < 1.29 is 13.5 Å². The third-order valence-electron chi connectivity index (χ3n) is 1.90. The highest BCUT2D eigenvalue weighted by atomic mass is 32.2. The number of nitrogens with zero attached hydrogens (tertiary/aromatic N) is 2. The van der Waals surface area contributed by atoms with E-state index in [0.29, 0.717) is 0 Å². The normalized spacial score (nSPS) is 11.9. The van der Waals surface area contributed by atoms with Crippen molar-refractivity contribution in [3.8, 4) is 0 Å². The first-order chi connectivity index (χ1) is 7.04. The molecule has 84 valence electrons. The molecule has 0 aromatic carbocycles. The Morgan fingerprint density at radius 2 is 2.40 bits per heavy atom. The molecular weight excluding hydrogens is 218 g/mol. The highest BCUT2D eigenvalue weighted by Gasteiger charge is 2.24. The van der Waals surface area contributed by atoms with Crippen LogP contribution in [0.4, 0.5) is 0 Å². The number of hydrogen-bond donors (Lipinski definition) is 2. The first kappa shape index (κ1) is 11.9. The van der Waals surface area contributed by atoms with Gasteiger partial charge in [0.05, 0.1) is 12.8 Å². The summed E-state index contributed by atoms with van der Waals surface area (Å²) in [5.74, 6) is 0. The predicted octanol–water partition coefficient (Wildman–Crippen LogP) is -0.292. The standard InChI is InChI=1S/C8H13N3O3S/c1-3-4-11(2)15(13,14)8-7(6-12)5-9-10-8/h3,5,12H,1,4,6H2,2H3,(H,9,10). The second-order valence-electron chi connectivity index (χ2n) is 2.96.